The lowest BCUT2D eigenvalue weighted by Crippen LogP contribution is -2.29. The zero-order valence-corrected chi connectivity index (χ0v) is 12.4. The van der Waals surface area contributed by atoms with Crippen LogP contribution in [-0.4, -0.2) is 18.8 Å². The lowest BCUT2D eigenvalue weighted by atomic mass is 9.98. The molecule has 0 aliphatic carbocycles. The molecule has 0 heterocycles. The highest BCUT2D eigenvalue weighted by atomic mass is 32.2. The third-order valence-corrected chi connectivity index (χ3v) is 4.28. The minimum atomic E-state index is -0.152. The van der Waals surface area contributed by atoms with E-state index in [-0.39, 0.29) is 5.82 Å². The van der Waals surface area contributed by atoms with E-state index >= 15 is 0 Å². The van der Waals surface area contributed by atoms with E-state index in [1.165, 1.54) is 25.3 Å². The third kappa shape index (κ3) is 5.87. The Morgan fingerprint density at radius 2 is 2.17 bits per heavy atom. The van der Waals surface area contributed by atoms with E-state index in [4.69, 9.17) is 0 Å². The maximum Gasteiger partial charge on any atom is 0.124 e. The number of halogens is 1. The van der Waals surface area contributed by atoms with Crippen molar-refractivity contribution in [3.05, 3.63) is 30.1 Å². The molecule has 0 amide bonds. The lowest BCUT2D eigenvalue weighted by Gasteiger charge is -2.20. The second-order valence-corrected chi connectivity index (χ2v) is 5.98. The zero-order chi connectivity index (χ0) is 13.4. The predicted molar refractivity (Wildman–Crippen MR) is 78.7 cm³/mol. The molecule has 0 radical (unpaired) electrons. The first kappa shape index (κ1) is 15.5. The summed E-state index contributed by atoms with van der Waals surface area (Å²) < 4.78 is 13.1. The van der Waals surface area contributed by atoms with Gasteiger partial charge in [0.2, 0.25) is 0 Å². The first-order valence-corrected chi connectivity index (χ1v) is 7.69. The molecule has 3 heteroatoms. The minimum absolute atomic E-state index is 0.152. The quantitative estimate of drug-likeness (QED) is 0.705. The van der Waals surface area contributed by atoms with Gasteiger partial charge >= 0.3 is 0 Å². The van der Waals surface area contributed by atoms with Gasteiger partial charge in [0.15, 0.2) is 0 Å². The van der Waals surface area contributed by atoms with Gasteiger partial charge in [0.25, 0.3) is 0 Å². The van der Waals surface area contributed by atoms with Gasteiger partial charge in [-0.3, -0.25) is 0 Å². The Kier molecular flexibility index (Phi) is 7.36. The Balaban J connectivity index is 2.39. The summed E-state index contributed by atoms with van der Waals surface area (Å²) in [5.41, 5.74) is 0. The molecular formula is C15H24FNS. The van der Waals surface area contributed by atoms with Gasteiger partial charge in [-0.05, 0) is 37.6 Å². The van der Waals surface area contributed by atoms with E-state index in [0.29, 0.717) is 6.04 Å². The van der Waals surface area contributed by atoms with E-state index in [1.807, 2.05) is 13.1 Å². The van der Waals surface area contributed by atoms with Gasteiger partial charge in [-0.2, -0.15) is 0 Å². The molecule has 1 nitrogen and oxygen atoms in total. The Morgan fingerprint density at radius 3 is 2.78 bits per heavy atom. The SMILES string of the molecule is CCCC(C)CC(CSc1cccc(F)c1)NC. The van der Waals surface area contributed by atoms with Gasteiger partial charge in [0, 0.05) is 16.7 Å². The summed E-state index contributed by atoms with van der Waals surface area (Å²) in [5, 5.41) is 3.36. The second kappa shape index (κ2) is 8.54. The highest BCUT2D eigenvalue weighted by molar-refractivity contribution is 7.99. The molecular weight excluding hydrogens is 245 g/mol. The molecule has 1 aromatic carbocycles. The average Bonchev–Trinajstić information content (AvgIpc) is 2.35. The molecule has 0 aliphatic rings. The number of hydrogen-bond donors (Lipinski definition) is 1. The maximum absolute atomic E-state index is 13.1. The van der Waals surface area contributed by atoms with Crippen LogP contribution in [0.1, 0.15) is 33.1 Å². The Hall–Kier alpha value is -0.540. The molecule has 102 valence electrons. The summed E-state index contributed by atoms with van der Waals surface area (Å²) in [4.78, 5) is 1.01. The summed E-state index contributed by atoms with van der Waals surface area (Å²) in [6.45, 7) is 4.53. The van der Waals surface area contributed by atoms with Crippen molar-refractivity contribution in [3.63, 3.8) is 0 Å². The predicted octanol–water partition coefficient (Wildman–Crippen LogP) is 4.33. The Bertz CT molecular complexity index is 343. The van der Waals surface area contributed by atoms with Crippen molar-refractivity contribution in [2.75, 3.05) is 12.8 Å². The summed E-state index contributed by atoms with van der Waals surface area (Å²) in [7, 11) is 2.01. The molecule has 0 fully saturated rings. The number of nitrogens with one attached hydrogen (secondary N) is 1. The molecule has 0 aliphatic heterocycles. The summed E-state index contributed by atoms with van der Waals surface area (Å²) in [6, 6.07) is 7.33. The van der Waals surface area contributed by atoms with E-state index in [1.54, 1.807) is 23.9 Å². The van der Waals surface area contributed by atoms with E-state index in [0.717, 1.165) is 16.6 Å². The number of hydrogen-bond acceptors (Lipinski definition) is 2. The molecule has 1 aromatic rings. The van der Waals surface area contributed by atoms with Crippen LogP contribution in [0.3, 0.4) is 0 Å². The largest absolute Gasteiger partial charge is 0.316 e. The van der Waals surface area contributed by atoms with Crippen LogP contribution in [0.4, 0.5) is 4.39 Å². The van der Waals surface area contributed by atoms with Gasteiger partial charge in [-0.1, -0.05) is 32.8 Å². The monoisotopic (exact) mass is 269 g/mol. The molecule has 0 saturated carbocycles. The fourth-order valence-electron chi connectivity index (χ4n) is 2.12. The summed E-state index contributed by atoms with van der Waals surface area (Å²) in [6.07, 6.45) is 3.71. The van der Waals surface area contributed by atoms with Crippen molar-refractivity contribution < 1.29 is 4.39 Å². The van der Waals surface area contributed by atoms with Crippen LogP contribution in [0.25, 0.3) is 0 Å². The van der Waals surface area contributed by atoms with Crippen LogP contribution < -0.4 is 5.32 Å². The topological polar surface area (TPSA) is 12.0 Å². The molecule has 18 heavy (non-hydrogen) atoms. The standard InChI is InChI=1S/C15H24FNS/c1-4-6-12(2)9-14(17-3)11-18-15-8-5-7-13(16)10-15/h5,7-8,10,12,14,17H,4,6,9,11H2,1-3H3. The number of thioether (sulfide) groups is 1. The Morgan fingerprint density at radius 1 is 1.39 bits per heavy atom. The normalized spacial score (nSPS) is 14.4. The van der Waals surface area contributed by atoms with Gasteiger partial charge in [0.1, 0.15) is 5.82 Å². The zero-order valence-electron chi connectivity index (χ0n) is 11.6. The first-order chi connectivity index (χ1) is 8.65. The second-order valence-electron chi connectivity index (χ2n) is 4.88. The molecule has 2 unspecified atom stereocenters. The minimum Gasteiger partial charge on any atom is -0.316 e. The first-order valence-electron chi connectivity index (χ1n) is 6.71. The molecule has 0 saturated heterocycles. The van der Waals surface area contributed by atoms with Crippen LogP contribution in [-0.2, 0) is 0 Å². The van der Waals surface area contributed by atoms with Crippen molar-refractivity contribution >= 4 is 11.8 Å². The van der Waals surface area contributed by atoms with Crippen molar-refractivity contribution in [2.24, 2.45) is 5.92 Å². The van der Waals surface area contributed by atoms with Crippen LogP contribution in [0.5, 0.6) is 0 Å². The summed E-state index contributed by atoms with van der Waals surface area (Å²) in [5.74, 6) is 1.59. The summed E-state index contributed by atoms with van der Waals surface area (Å²) >= 11 is 1.72. The highest BCUT2D eigenvalue weighted by Gasteiger charge is 2.11. The van der Waals surface area contributed by atoms with E-state index in [2.05, 4.69) is 19.2 Å². The highest BCUT2D eigenvalue weighted by Crippen LogP contribution is 2.22. The van der Waals surface area contributed by atoms with Gasteiger partial charge < -0.3 is 5.32 Å². The Labute approximate surface area is 115 Å². The number of benzene rings is 1. The maximum atomic E-state index is 13.1. The van der Waals surface area contributed by atoms with Crippen molar-refractivity contribution in [2.45, 2.75) is 44.0 Å². The van der Waals surface area contributed by atoms with Crippen LogP contribution in [0.2, 0.25) is 0 Å². The fourth-order valence-corrected chi connectivity index (χ4v) is 3.19. The van der Waals surface area contributed by atoms with Crippen LogP contribution >= 0.6 is 11.8 Å². The van der Waals surface area contributed by atoms with Crippen molar-refractivity contribution in [1.29, 1.82) is 0 Å². The molecule has 1 rings (SSSR count). The van der Waals surface area contributed by atoms with Gasteiger partial charge in [-0.25, -0.2) is 4.39 Å². The third-order valence-electron chi connectivity index (χ3n) is 3.12. The van der Waals surface area contributed by atoms with Crippen molar-refractivity contribution in [1.82, 2.24) is 5.32 Å². The van der Waals surface area contributed by atoms with E-state index in [9.17, 15) is 4.39 Å². The average molecular weight is 269 g/mol. The molecule has 1 N–H and O–H groups in total. The smallest absolute Gasteiger partial charge is 0.124 e. The molecule has 0 spiro atoms. The van der Waals surface area contributed by atoms with Gasteiger partial charge in [0.05, 0.1) is 0 Å². The van der Waals surface area contributed by atoms with E-state index < -0.39 is 0 Å². The number of rotatable bonds is 8. The van der Waals surface area contributed by atoms with Gasteiger partial charge in [-0.15, -0.1) is 11.8 Å². The molecule has 0 aromatic heterocycles. The van der Waals surface area contributed by atoms with Crippen molar-refractivity contribution in [3.8, 4) is 0 Å². The fraction of sp³-hybridized carbons (Fsp3) is 0.600. The molecule has 0 bridgehead atoms. The van der Waals surface area contributed by atoms with Crippen LogP contribution in [0.15, 0.2) is 29.2 Å². The molecule has 2 atom stereocenters. The lowest BCUT2D eigenvalue weighted by molar-refractivity contribution is 0.420. The van der Waals surface area contributed by atoms with Crippen LogP contribution in [0, 0.1) is 11.7 Å².